The first kappa shape index (κ1) is 21.1. The molecule has 2 rings (SSSR count). The van der Waals surface area contributed by atoms with Crippen LogP contribution in [0.3, 0.4) is 0 Å². The summed E-state index contributed by atoms with van der Waals surface area (Å²) in [7, 11) is 0. The Labute approximate surface area is 167 Å². The van der Waals surface area contributed by atoms with Crippen molar-refractivity contribution in [3.63, 3.8) is 0 Å². The second-order valence-electron chi connectivity index (χ2n) is 5.94. The maximum absolute atomic E-state index is 12.3. The van der Waals surface area contributed by atoms with E-state index in [4.69, 9.17) is 11.6 Å². The van der Waals surface area contributed by atoms with Crippen LogP contribution in [0.4, 0.5) is 5.69 Å². The first-order chi connectivity index (χ1) is 13.4. The van der Waals surface area contributed by atoms with Crippen LogP contribution in [0, 0.1) is 10.1 Å². The molecule has 0 aliphatic carbocycles. The number of nitrogens with one attached hydrogen (secondary N) is 1. The van der Waals surface area contributed by atoms with E-state index in [2.05, 4.69) is 5.32 Å². The van der Waals surface area contributed by atoms with Crippen LogP contribution in [0.5, 0.6) is 0 Å². The number of nitro benzene ring substituents is 1. The van der Waals surface area contributed by atoms with Gasteiger partial charge in [0.25, 0.3) is 5.69 Å². The summed E-state index contributed by atoms with van der Waals surface area (Å²) in [5.41, 5.74) is 1.38. The van der Waals surface area contributed by atoms with Gasteiger partial charge in [-0.25, -0.2) is 0 Å². The lowest BCUT2D eigenvalue weighted by molar-refractivity contribution is -0.384. The summed E-state index contributed by atoms with van der Waals surface area (Å²) in [6.45, 7) is 2.38. The highest BCUT2D eigenvalue weighted by Gasteiger charge is 2.13. The lowest BCUT2D eigenvalue weighted by Gasteiger charge is -2.18. The minimum absolute atomic E-state index is 0.0523. The molecule has 0 aliphatic heterocycles. The highest BCUT2D eigenvalue weighted by molar-refractivity contribution is 6.30. The first-order valence-corrected chi connectivity index (χ1v) is 8.99. The van der Waals surface area contributed by atoms with Crippen molar-refractivity contribution in [1.29, 1.82) is 0 Å². The van der Waals surface area contributed by atoms with E-state index in [0.717, 1.165) is 5.56 Å². The van der Waals surface area contributed by atoms with Gasteiger partial charge in [0, 0.05) is 36.3 Å². The Balaban J connectivity index is 1.91. The zero-order valence-electron chi connectivity index (χ0n) is 15.3. The molecular weight excluding hydrogens is 382 g/mol. The molecule has 0 aromatic heterocycles. The molecule has 2 aromatic carbocycles. The highest BCUT2D eigenvalue weighted by Crippen LogP contribution is 2.14. The molecule has 0 unspecified atom stereocenters. The number of carbonyl (C=O) groups excluding carboxylic acids is 2. The summed E-state index contributed by atoms with van der Waals surface area (Å²) in [5, 5.41) is 14.2. The van der Waals surface area contributed by atoms with E-state index in [9.17, 15) is 19.7 Å². The average Bonchev–Trinajstić information content (AvgIpc) is 2.70. The lowest BCUT2D eigenvalue weighted by Crippen LogP contribution is -2.39. The van der Waals surface area contributed by atoms with Crippen molar-refractivity contribution in [1.82, 2.24) is 10.2 Å². The second kappa shape index (κ2) is 10.2. The van der Waals surface area contributed by atoms with Gasteiger partial charge in [0.1, 0.15) is 0 Å². The molecule has 8 heteroatoms. The van der Waals surface area contributed by atoms with E-state index in [1.165, 1.54) is 29.2 Å². The summed E-state index contributed by atoms with van der Waals surface area (Å²) in [5.74, 6) is -0.635. The van der Waals surface area contributed by atoms with Crippen molar-refractivity contribution < 1.29 is 14.5 Å². The molecule has 1 N–H and O–H groups in total. The third-order valence-corrected chi connectivity index (χ3v) is 4.18. The van der Waals surface area contributed by atoms with Gasteiger partial charge in [-0.2, -0.15) is 0 Å². The Bertz CT molecular complexity index is 881. The van der Waals surface area contributed by atoms with Crippen LogP contribution < -0.4 is 5.32 Å². The number of rotatable bonds is 8. The summed E-state index contributed by atoms with van der Waals surface area (Å²) < 4.78 is 0. The molecule has 0 bridgehead atoms. The molecule has 28 heavy (non-hydrogen) atoms. The molecule has 0 saturated carbocycles. The number of halogens is 1. The topological polar surface area (TPSA) is 92.6 Å². The fourth-order valence-corrected chi connectivity index (χ4v) is 2.52. The number of hydrogen-bond acceptors (Lipinski definition) is 4. The number of likely N-dealkylation sites (N-methyl/N-ethyl adjacent to an activating group) is 1. The normalized spacial score (nSPS) is 10.6. The molecule has 0 saturated heterocycles. The minimum Gasteiger partial charge on any atom is -0.350 e. The van der Waals surface area contributed by atoms with Gasteiger partial charge in [0.15, 0.2) is 0 Å². The molecule has 0 fully saturated rings. The average molecular weight is 402 g/mol. The van der Waals surface area contributed by atoms with Crippen molar-refractivity contribution in [2.24, 2.45) is 0 Å². The van der Waals surface area contributed by atoms with Crippen LogP contribution in [-0.2, 0) is 16.1 Å². The summed E-state index contributed by atoms with van der Waals surface area (Å²) in [4.78, 5) is 36.1. The molecule has 0 heterocycles. The van der Waals surface area contributed by atoms with E-state index in [0.29, 0.717) is 23.7 Å². The Hall–Kier alpha value is -3.19. The van der Waals surface area contributed by atoms with Crippen LogP contribution in [0.1, 0.15) is 18.1 Å². The number of carbonyl (C=O) groups is 2. The van der Waals surface area contributed by atoms with Crippen LogP contribution in [0.25, 0.3) is 6.08 Å². The monoisotopic (exact) mass is 401 g/mol. The molecule has 7 nitrogen and oxygen atoms in total. The molecule has 0 radical (unpaired) electrons. The number of nitrogens with zero attached hydrogens (tertiary/aromatic N) is 2. The SMILES string of the molecule is CCN(CC(=O)NCc1ccc(Cl)cc1)C(=O)/C=C/c1cccc([N+](=O)[O-])c1. The quantitative estimate of drug-likeness (QED) is 0.416. The number of nitro groups is 1. The van der Waals surface area contributed by atoms with E-state index in [1.807, 2.05) is 12.1 Å². The largest absolute Gasteiger partial charge is 0.350 e. The highest BCUT2D eigenvalue weighted by atomic mass is 35.5. The zero-order valence-corrected chi connectivity index (χ0v) is 16.1. The van der Waals surface area contributed by atoms with E-state index in [1.54, 1.807) is 31.2 Å². The van der Waals surface area contributed by atoms with Crippen LogP contribution in [0.15, 0.2) is 54.6 Å². The minimum atomic E-state index is -0.497. The molecule has 0 aliphatic rings. The van der Waals surface area contributed by atoms with Gasteiger partial charge >= 0.3 is 0 Å². The molecule has 146 valence electrons. The number of hydrogen-bond donors (Lipinski definition) is 1. The van der Waals surface area contributed by atoms with Gasteiger partial charge in [-0.05, 0) is 36.3 Å². The maximum atomic E-state index is 12.3. The fourth-order valence-electron chi connectivity index (χ4n) is 2.39. The molecule has 2 aromatic rings. The molecular formula is C20H20ClN3O4. The van der Waals surface area contributed by atoms with Crippen molar-refractivity contribution >= 4 is 35.2 Å². The Morgan fingerprint density at radius 2 is 1.93 bits per heavy atom. The van der Waals surface area contributed by atoms with Gasteiger partial charge in [-0.3, -0.25) is 19.7 Å². The van der Waals surface area contributed by atoms with E-state index >= 15 is 0 Å². The lowest BCUT2D eigenvalue weighted by atomic mass is 10.2. The van der Waals surface area contributed by atoms with Gasteiger partial charge < -0.3 is 10.2 Å². The Morgan fingerprint density at radius 3 is 2.57 bits per heavy atom. The van der Waals surface area contributed by atoms with E-state index < -0.39 is 4.92 Å². The maximum Gasteiger partial charge on any atom is 0.270 e. The summed E-state index contributed by atoms with van der Waals surface area (Å²) in [6, 6.07) is 13.1. The summed E-state index contributed by atoms with van der Waals surface area (Å²) >= 11 is 5.82. The predicted molar refractivity (Wildman–Crippen MR) is 108 cm³/mol. The number of benzene rings is 2. The van der Waals surface area contributed by atoms with Crippen molar-refractivity contribution in [2.75, 3.05) is 13.1 Å². The van der Waals surface area contributed by atoms with Gasteiger partial charge in [0.2, 0.25) is 11.8 Å². The van der Waals surface area contributed by atoms with Gasteiger partial charge in [0.05, 0.1) is 11.5 Å². The Kier molecular flexibility index (Phi) is 7.71. The molecule has 0 atom stereocenters. The zero-order chi connectivity index (χ0) is 20.5. The number of non-ortho nitro benzene ring substituents is 1. The number of amides is 2. The smallest absolute Gasteiger partial charge is 0.270 e. The molecule has 2 amide bonds. The summed E-state index contributed by atoms with van der Waals surface area (Å²) in [6.07, 6.45) is 2.79. The van der Waals surface area contributed by atoms with Crippen molar-refractivity contribution in [3.8, 4) is 0 Å². The standard InChI is InChI=1S/C20H20ClN3O4/c1-2-23(14-19(25)22-13-16-6-9-17(21)10-7-16)20(26)11-8-15-4-3-5-18(12-15)24(27)28/h3-12H,2,13-14H2,1H3,(H,22,25)/b11-8+. The van der Waals surface area contributed by atoms with Crippen molar-refractivity contribution in [3.05, 3.63) is 80.9 Å². The van der Waals surface area contributed by atoms with Crippen molar-refractivity contribution in [2.45, 2.75) is 13.5 Å². The predicted octanol–water partition coefficient (Wildman–Crippen LogP) is 3.43. The van der Waals surface area contributed by atoms with Crippen LogP contribution >= 0.6 is 11.6 Å². The Morgan fingerprint density at radius 1 is 1.21 bits per heavy atom. The second-order valence-corrected chi connectivity index (χ2v) is 6.38. The first-order valence-electron chi connectivity index (χ1n) is 8.61. The third-order valence-electron chi connectivity index (χ3n) is 3.93. The van der Waals surface area contributed by atoms with Gasteiger partial charge in [-0.15, -0.1) is 0 Å². The van der Waals surface area contributed by atoms with Crippen LogP contribution in [-0.4, -0.2) is 34.7 Å². The van der Waals surface area contributed by atoms with Gasteiger partial charge in [-0.1, -0.05) is 35.9 Å². The molecule has 0 spiro atoms. The third kappa shape index (κ3) is 6.51. The van der Waals surface area contributed by atoms with E-state index in [-0.39, 0.29) is 24.0 Å². The fraction of sp³-hybridized carbons (Fsp3) is 0.200. The van der Waals surface area contributed by atoms with Crippen LogP contribution in [0.2, 0.25) is 5.02 Å².